The number of halogens is 2. The largest absolute Gasteiger partial charge is 0.392 e. The number of rotatable bonds is 4. The standard InChI is InChI=1S/C10H12BrFN2O2S2/c1-5-3-7(11)8(12)4-9(5)14-18(15,16)6(2)10(13)17/h3-4,6,14H,1-2H3,(H2,13,17). The fourth-order valence-corrected chi connectivity index (χ4v) is 3.00. The first-order chi connectivity index (χ1) is 8.15. The molecule has 0 fully saturated rings. The summed E-state index contributed by atoms with van der Waals surface area (Å²) >= 11 is 7.66. The molecule has 0 aliphatic heterocycles. The topological polar surface area (TPSA) is 72.2 Å². The fourth-order valence-electron chi connectivity index (χ4n) is 1.15. The second kappa shape index (κ2) is 5.50. The average Bonchev–Trinajstić information content (AvgIpc) is 2.24. The van der Waals surface area contributed by atoms with Gasteiger partial charge in [0.2, 0.25) is 10.0 Å². The number of hydrogen-bond acceptors (Lipinski definition) is 3. The molecule has 18 heavy (non-hydrogen) atoms. The van der Waals surface area contributed by atoms with Crippen LogP contribution in [0.3, 0.4) is 0 Å². The van der Waals surface area contributed by atoms with Gasteiger partial charge in [0.15, 0.2) is 0 Å². The van der Waals surface area contributed by atoms with E-state index in [0.717, 1.165) is 6.07 Å². The highest BCUT2D eigenvalue weighted by molar-refractivity contribution is 9.10. The number of nitrogens with two attached hydrogens (primary N) is 1. The van der Waals surface area contributed by atoms with Crippen molar-refractivity contribution in [1.82, 2.24) is 0 Å². The Morgan fingerprint density at radius 2 is 2.11 bits per heavy atom. The summed E-state index contributed by atoms with van der Waals surface area (Å²) in [5, 5.41) is -1.03. The Kier molecular flexibility index (Phi) is 4.68. The predicted molar refractivity (Wildman–Crippen MR) is 77.6 cm³/mol. The first-order valence-corrected chi connectivity index (χ1v) is 7.66. The Hall–Kier alpha value is -0.730. The van der Waals surface area contributed by atoms with Gasteiger partial charge in [-0.05, 0) is 47.5 Å². The Morgan fingerprint density at radius 3 is 2.61 bits per heavy atom. The van der Waals surface area contributed by atoms with Crippen LogP contribution in [0.2, 0.25) is 0 Å². The van der Waals surface area contributed by atoms with Gasteiger partial charge in [0.05, 0.1) is 15.1 Å². The minimum Gasteiger partial charge on any atom is -0.392 e. The van der Waals surface area contributed by atoms with Gasteiger partial charge in [-0.1, -0.05) is 12.2 Å². The third-order valence-corrected chi connectivity index (χ3v) is 5.19. The smallest absolute Gasteiger partial charge is 0.241 e. The third-order valence-electron chi connectivity index (χ3n) is 2.39. The molecule has 1 rings (SSSR count). The highest BCUT2D eigenvalue weighted by atomic mass is 79.9. The number of anilines is 1. The molecule has 0 radical (unpaired) electrons. The van der Waals surface area contributed by atoms with Crippen molar-refractivity contribution in [2.75, 3.05) is 4.72 Å². The van der Waals surface area contributed by atoms with E-state index in [4.69, 9.17) is 5.73 Å². The SMILES string of the molecule is Cc1cc(Br)c(F)cc1NS(=O)(=O)C(C)C(N)=S. The molecule has 1 aromatic rings. The van der Waals surface area contributed by atoms with Gasteiger partial charge in [-0.15, -0.1) is 0 Å². The average molecular weight is 355 g/mol. The lowest BCUT2D eigenvalue weighted by molar-refractivity contribution is 0.598. The fraction of sp³-hybridized carbons (Fsp3) is 0.300. The number of thiocarbonyl (C=S) groups is 1. The molecule has 0 saturated heterocycles. The molecule has 8 heteroatoms. The Morgan fingerprint density at radius 1 is 1.56 bits per heavy atom. The molecule has 1 atom stereocenters. The number of benzene rings is 1. The van der Waals surface area contributed by atoms with Crippen molar-refractivity contribution in [3.05, 3.63) is 28.0 Å². The third kappa shape index (κ3) is 3.39. The summed E-state index contributed by atoms with van der Waals surface area (Å²) in [6.07, 6.45) is 0. The zero-order valence-electron chi connectivity index (χ0n) is 9.70. The first-order valence-electron chi connectivity index (χ1n) is 4.91. The maximum absolute atomic E-state index is 13.4. The lowest BCUT2D eigenvalue weighted by Crippen LogP contribution is -2.35. The number of hydrogen-bond donors (Lipinski definition) is 2. The van der Waals surface area contributed by atoms with E-state index in [1.54, 1.807) is 6.92 Å². The monoisotopic (exact) mass is 354 g/mol. The molecule has 0 aromatic heterocycles. The summed E-state index contributed by atoms with van der Waals surface area (Å²) < 4.78 is 39.7. The molecule has 3 N–H and O–H groups in total. The summed E-state index contributed by atoms with van der Waals surface area (Å²) in [6, 6.07) is 2.59. The van der Waals surface area contributed by atoms with Crippen LogP contribution in [0.25, 0.3) is 0 Å². The van der Waals surface area contributed by atoms with E-state index in [0.29, 0.717) is 5.56 Å². The van der Waals surface area contributed by atoms with Crippen LogP contribution >= 0.6 is 28.1 Å². The molecule has 4 nitrogen and oxygen atoms in total. The van der Waals surface area contributed by atoms with E-state index in [1.165, 1.54) is 13.0 Å². The van der Waals surface area contributed by atoms with Gasteiger partial charge in [-0.25, -0.2) is 12.8 Å². The van der Waals surface area contributed by atoms with Crippen LogP contribution in [-0.4, -0.2) is 18.7 Å². The van der Waals surface area contributed by atoms with E-state index in [9.17, 15) is 12.8 Å². The Bertz CT molecular complexity index is 590. The second-order valence-corrected chi connectivity index (χ2v) is 7.10. The molecule has 0 aliphatic carbocycles. The molecular formula is C10H12BrFN2O2S2. The van der Waals surface area contributed by atoms with Gasteiger partial charge in [0, 0.05) is 0 Å². The van der Waals surface area contributed by atoms with Crippen molar-refractivity contribution < 1.29 is 12.8 Å². The summed E-state index contributed by atoms with van der Waals surface area (Å²) in [4.78, 5) is -0.141. The zero-order valence-corrected chi connectivity index (χ0v) is 12.9. The van der Waals surface area contributed by atoms with Crippen LogP contribution in [0, 0.1) is 12.7 Å². The maximum Gasteiger partial charge on any atom is 0.241 e. The van der Waals surface area contributed by atoms with Crippen LogP contribution < -0.4 is 10.5 Å². The van der Waals surface area contributed by atoms with Gasteiger partial charge < -0.3 is 5.73 Å². The van der Waals surface area contributed by atoms with Gasteiger partial charge in [-0.2, -0.15) is 0 Å². The molecule has 0 amide bonds. The quantitative estimate of drug-likeness (QED) is 0.813. The van der Waals surface area contributed by atoms with Crippen molar-refractivity contribution in [3.8, 4) is 0 Å². The lowest BCUT2D eigenvalue weighted by Gasteiger charge is -2.15. The van der Waals surface area contributed by atoms with Crippen molar-refractivity contribution in [3.63, 3.8) is 0 Å². The zero-order chi connectivity index (χ0) is 14.1. The van der Waals surface area contributed by atoms with Crippen LogP contribution in [0.4, 0.5) is 10.1 Å². The van der Waals surface area contributed by atoms with Crippen LogP contribution in [0.5, 0.6) is 0 Å². The molecule has 0 saturated carbocycles. The first kappa shape index (κ1) is 15.3. The van der Waals surface area contributed by atoms with E-state index < -0.39 is 21.1 Å². The summed E-state index contributed by atoms with van der Waals surface area (Å²) in [7, 11) is -3.76. The summed E-state index contributed by atoms with van der Waals surface area (Å²) in [6.45, 7) is 3.03. The molecule has 0 spiro atoms. The number of aryl methyl sites for hydroxylation is 1. The highest BCUT2D eigenvalue weighted by Gasteiger charge is 2.24. The van der Waals surface area contributed by atoms with Gasteiger partial charge in [0.1, 0.15) is 11.1 Å². The predicted octanol–water partition coefficient (Wildman–Crippen LogP) is 2.31. The highest BCUT2D eigenvalue weighted by Crippen LogP contribution is 2.25. The number of sulfonamides is 1. The van der Waals surface area contributed by atoms with E-state index in [2.05, 4.69) is 32.9 Å². The molecule has 0 heterocycles. The Balaban J connectivity index is 3.13. The van der Waals surface area contributed by atoms with Crippen molar-refractivity contribution in [1.29, 1.82) is 0 Å². The molecular weight excluding hydrogens is 343 g/mol. The normalized spacial score (nSPS) is 13.1. The molecule has 0 bridgehead atoms. The van der Waals surface area contributed by atoms with E-state index in [-0.39, 0.29) is 15.1 Å². The van der Waals surface area contributed by atoms with E-state index >= 15 is 0 Å². The minimum atomic E-state index is -3.76. The Labute approximate surface area is 119 Å². The van der Waals surface area contributed by atoms with Crippen LogP contribution in [0.1, 0.15) is 12.5 Å². The van der Waals surface area contributed by atoms with Gasteiger partial charge in [-0.3, -0.25) is 4.72 Å². The van der Waals surface area contributed by atoms with Crippen molar-refractivity contribution in [2.24, 2.45) is 5.73 Å². The minimum absolute atomic E-state index is 0.141. The maximum atomic E-state index is 13.4. The molecule has 1 aromatic carbocycles. The van der Waals surface area contributed by atoms with Gasteiger partial charge >= 0.3 is 0 Å². The lowest BCUT2D eigenvalue weighted by atomic mass is 10.2. The number of nitrogens with one attached hydrogen (secondary N) is 1. The van der Waals surface area contributed by atoms with Gasteiger partial charge in [0.25, 0.3) is 0 Å². The van der Waals surface area contributed by atoms with Crippen molar-refractivity contribution >= 4 is 48.8 Å². The van der Waals surface area contributed by atoms with Crippen LogP contribution in [-0.2, 0) is 10.0 Å². The molecule has 0 aliphatic rings. The van der Waals surface area contributed by atoms with E-state index in [1.807, 2.05) is 0 Å². The second-order valence-electron chi connectivity index (χ2n) is 3.77. The summed E-state index contributed by atoms with van der Waals surface area (Å²) in [5.74, 6) is -0.554. The summed E-state index contributed by atoms with van der Waals surface area (Å²) in [5.41, 5.74) is 6.05. The van der Waals surface area contributed by atoms with Crippen molar-refractivity contribution in [2.45, 2.75) is 19.1 Å². The molecule has 1 unspecified atom stereocenters. The molecule has 100 valence electrons. The van der Waals surface area contributed by atoms with Crippen LogP contribution in [0.15, 0.2) is 16.6 Å².